The molecule has 0 fully saturated rings. The Balaban J connectivity index is 3.11. The molecule has 4 heteroatoms. The summed E-state index contributed by atoms with van der Waals surface area (Å²) in [5.74, 6) is -0.919. The van der Waals surface area contributed by atoms with Crippen LogP contribution in [-0.2, 0) is 4.79 Å². The van der Waals surface area contributed by atoms with E-state index < -0.39 is 16.9 Å². The van der Waals surface area contributed by atoms with Crippen LogP contribution in [-0.4, -0.2) is 22.8 Å². The van der Waals surface area contributed by atoms with Crippen LogP contribution in [0.2, 0.25) is 0 Å². The Kier molecular flexibility index (Phi) is 2.57. The van der Waals surface area contributed by atoms with Crippen LogP contribution >= 0.6 is 0 Å². The van der Waals surface area contributed by atoms with Crippen LogP contribution in [0, 0.1) is 5.41 Å². The van der Waals surface area contributed by atoms with Gasteiger partial charge in [-0.05, 0) is 19.9 Å². The second kappa shape index (κ2) is 3.38. The molecule has 0 amide bonds. The van der Waals surface area contributed by atoms with Crippen molar-refractivity contribution in [2.24, 2.45) is 16.1 Å². The predicted octanol–water partition coefficient (Wildman–Crippen LogP) is 0.949. The summed E-state index contributed by atoms with van der Waals surface area (Å²) in [4.78, 5) is 14.9. The van der Waals surface area contributed by atoms with Crippen molar-refractivity contribution >= 4 is 12.2 Å². The molecule has 1 heterocycles. The van der Waals surface area contributed by atoms with Crippen LogP contribution in [0.15, 0.2) is 29.4 Å². The maximum absolute atomic E-state index is 11.0. The van der Waals surface area contributed by atoms with Crippen LogP contribution in [0.5, 0.6) is 0 Å². The van der Waals surface area contributed by atoms with Crippen LogP contribution in [0.25, 0.3) is 0 Å². The Labute approximate surface area is 82.8 Å². The predicted molar refractivity (Wildman–Crippen MR) is 55.1 cm³/mol. The first-order valence-corrected chi connectivity index (χ1v) is 4.30. The Morgan fingerprint density at radius 1 is 1.36 bits per heavy atom. The minimum absolute atomic E-state index is 0.693. The lowest BCUT2D eigenvalue weighted by atomic mass is 9.87. The van der Waals surface area contributed by atoms with Gasteiger partial charge in [0.2, 0.25) is 0 Å². The normalized spacial score (nSPS) is 41.1. The summed E-state index contributed by atoms with van der Waals surface area (Å²) in [6.45, 7) is 3.35. The molecule has 2 atom stereocenters. The van der Waals surface area contributed by atoms with E-state index in [2.05, 4.69) is 4.99 Å². The van der Waals surface area contributed by atoms with Crippen molar-refractivity contribution in [2.45, 2.75) is 19.4 Å². The summed E-state index contributed by atoms with van der Waals surface area (Å²) >= 11 is 0. The summed E-state index contributed by atoms with van der Waals surface area (Å²) < 4.78 is 0. The van der Waals surface area contributed by atoms with Gasteiger partial charge in [0.05, 0.1) is 5.54 Å². The molecule has 0 radical (unpaired) electrons. The number of nitrogens with zero attached hydrogens (tertiary/aromatic N) is 1. The molecular weight excluding hydrogens is 180 g/mol. The maximum atomic E-state index is 11.0. The van der Waals surface area contributed by atoms with Crippen LogP contribution < -0.4 is 5.73 Å². The van der Waals surface area contributed by atoms with E-state index in [-0.39, 0.29) is 0 Å². The van der Waals surface area contributed by atoms with Gasteiger partial charge < -0.3 is 10.8 Å². The number of carboxylic acids is 1. The van der Waals surface area contributed by atoms with Crippen molar-refractivity contribution < 1.29 is 9.90 Å². The minimum Gasteiger partial charge on any atom is -0.480 e. The molecular formula is C10H14N2O2. The minimum atomic E-state index is -1.03. The quantitative estimate of drug-likeness (QED) is 0.610. The highest BCUT2D eigenvalue weighted by Crippen LogP contribution is 2.23. The van der Waals surface area contributed by atoms with E-state index in [1.807, 2.05) is 0 Å². The summed E-state index contributed by atoms with van der Waals surface area (Å²) in [5.41, 5.74) is 4.08. The lowest BCUT2D eigenvalue weighted by molar-refractivity contribution is -0.142. The molecule has 4 nitrogen and oxygen atoms in total. The average molecular weight is 194 g/mol. The van der Waals surface area contributed by atoms with Crippen molar-refractivity contribution in [2.75, 3.05) is 0 Å². The van der Waals surface area contributed by atoms with Gasteiger partial charge >= 0.3 is 5.97 Å². The number of aliphatic carboxylic acids is 1. The highest BCUT2D eigenvalue weighted by Gasteiger charge is 2.28. The van der Waals surface area contributed by atoms with Crippen molar-refractivity contribution in [1.29, 1.82) is 0 Å². The zero-order valence-corrected chi connectivity index (χ0v) is 8.27. The number of rotatable bonds is 1. The fourth-order valence-electron chi connectivity index (χ4n) is 0.995. The van der Waals surface area contributed by atoms with E-state index in [9.17, 15) is 4.79 Å². The topological polar surface area (TPSA) is 75.7 Å². The Hall–Kier alpha value is -1.42. The second-order valence-electron chi connectivity index (χ2n) is 3.88. The van der Waals surface area contributed by atoms with E-state index in [0.29, 0.717) is 0 Å². The van der Waals surface area contributed by atoms with Gasteiger partial charge in [0, 0.05) is 12.4 Å². The second-order valence-corrected chi connectivity index (χ2v) is 3.88. The molecule has 1 rings (SSSR count). The highest BCUT2D eigenvalue weighted by atomic mass is 16.4. The molecule has 0 aromatic rings. The third-order valence-electron chi connectivity index (χ3n) is 2.11. The molecule has 0 aromatic carbocycles. The van der Waals surface area contributed by atoms with Gasteiger partial charge in [-0.2, -0.15) is 0 Å². The molecule has 0 saturated carbocycles. The summed E-state index contributed by atoms with van der Waals surface area (Å²) in [7, 11) is 0. The number of nitrogens with two attached hydrogens (primary N) is 1. The van der Waals surface area contributed by atoms with E-state index in [4.69, 9.17) is 10.8 Å². The van der Waals surface area contributed by atoms with Gasteiger partial charge in [-0.1, -0.05) is 12.2 Å². The van der Waals surface area contributed by atoms with E-state index in [0.717, 1.165) is 0 Å². The largest absolute Gasteiger partial charge is 0.480 e. The standard InChI is InChI=1S/C10H14N2O2/c1-9(8(13)14)3-4-10(2,11)7-12-6-5-9/h3-7H,11H2,1-2H3,(H,13,14)/b4-3-,6-5-,12-7?. The van der Waals surface area contributed by atoms with Crippen LogP contribution in [0.3, 0.4) is 0 Å². The molecule has 0 bridgehead atoms. The third kappa shape index (κ3) is 2.29. The fourth-order valence-corrected chi connectivity index (χ4v) is 0.995. The van der Waals surface area contributed by atoms with Gasteiger partial charge in [-0.3, -0.25) is 9.79 Å². The first-order valence-electron chi connectivity index (χ1n) is 4.30. The number of carbonyl (C=O) groups is 1. The van der Waals surface area contributed by atoms with Crippen molar-refractivity contribution in [3.05, 3.63) is 24.4 Å². The van der Waals surface area contributed by atoms with Gasteiger partial charge in [0.1, 0.15) is 5.41 Å². The van der Waals surface area contributed by atoms with E-state index >= 15 is 0 Å². The first kappa shape index (κ1) is 10.7. The van der Waals surface area contributed by atoms with Crippen molar-refractivity contribution in [3.8, 4) is 0 Å². The number of carboxylic acid groups (broad SMARTS) is 1. The zero-order valence-electron chi connectivity index (χ0n) is 8.27. The molecule has 76 valence electrons. The van der Waals surface area contributed by atoms with Gasteiger partial charge in [-0.25, -0.2) is 0 Å². The summed E-state index contributed by atoms with van der Waals surface area (Å²) in [6.07, 6.45) is 7.78. The third-order valence-corrected chi connectivity index (χ3v) is 2.11. The molecule has 0 saturated heterocycles. The Morgan fingerprint density at radius 2 is 2.00 bits per heavy atom. The van der Waals surface area contributed by atoms with Crippen molar-refractivity contribution in [3.63, 3.8) is 0 Å². The number of hydrogen-bond acceptors (Lipinski definition) is 3. The zero-order chi connectivity index (χ0) is 10.8. The summed E-state index contributed by atoms with van der Waals surface area (Å²) in [5, 5.41) is 8.99. The van der Waals surface area contributed by atoms with Gasteiger partial charge in [0.25, 0.3) is 0 Å². The van der Waals surface area contributed by atoms with Crippen molar-refractivity contribution in [1.82, 2.24) is 0 Å². The van der Waals surface area contributed by atoms with Gasteiger partial charge in [0.15, 0.2) is 0 Å². The monoisotopic (exact) mass is 194 g/mol. The number of hydrogen-bond donors (Lipinski definition) is 2. The van der Waals surface area contributed by atoms with Gasteiger partial charge in [-0.15, -0.1) is 0 Å². The SMILES string of the molecule is CC1(N)C=N/C=C\C(C)(C(=O)O)/C=C\1. The van der Waals surface area contributed by atoms with Crippen LogP contribution in [0.4, 0.5) is 0 Å². The molecule has 1 aliphatic heterocycles. The average Bonchev–Trinajstić information content (AvgIpc) is 2.07. The highest BCUT2D eigenvalue weighted by molar-refractivity contribution is 5.81. The first-order chi connectivity index (χ1) is 6.36. The Bertz CT molecular complexity index is 329. The smallest absolute Gasteiger partial charge is 0.317 e. The molecule has 3 N–H and O–H groups in total. The Morgan fingerprint density at radius 3 is 2.57 bits per heavy atom. The molecule has 2 unspecified atom stereocenters. The lowest BCUT2D eigenvalue weighted by Crippen LogP contribution is -2.37. The molecule has 0 aromatic heterocycles. The molecule has 0 spiro atoms. The number of aliphatic imine (C=N–C) groups is 1. The fraction of sp³-hybridized carbons (Fsp3) is 0.400. The lowest BCUT2D eigenvalue weighted by Gasteiger charge is -2.21. The van der Waals surface area contributed by atoms with E-state index in [1.165, 1.54) is 12.3 Å². The maximum Gasteiger partial charge on any atom is 0.317 e. The molecule has 1 aliphatic rings. The summed E-state index contributed by atoms with van der Waals surface area (Å²) in [6, 6.07) is 0. The molecule has 0 aliphatic carbocycles. The molecule has 14 heavy (non-hydrogen) atoms. The van der Waals surface area contributed by atoms with E-state index in [1.54, 1.807) is 32.2 Å². The van der Waals surface area contributed by atoms with Crippen LogP contribution in [0.1, 0.15) is 13.8 Å².